The molecular formula is C21H30NO2+. The number of aliphatic hydroxyl groups excluding tert-OH is 1. The van der Waals surface area contributed by atoms with Gasteiger partial charge in [0.15, 0.2) is 0 Å². The van der Waals surface area contributed by atoms with E-state index in [1.807, 2.05) is 36.4 Å². The van der Waals surface area contributed by atoms with E-state index in [0.717, 1.165) is 5.75 Å². The minimum Gasteiger partial charge on any atom is -0.490 e. The van der Waals surface area contributed by atoms with Crippen LogP contribution in [0.5, 0.6) is 5.75 Å². The maximum atomic E-state index is 10.2. The lowest BCUT2D eigenvalue weighted by Gasteiger charge is -2.23. The average Bonchev–Trinajstić information content (AvgIpc) is 2.58. The summed E-state index contributed by atoms with van der Waals surface area (Å²) < 4.78 is 5.89. The van der Waals surface area contributed by atoms with Crippen LogP contribution in [-0.4, -0.2) is 24.4 Å². The minimum absolute atomic E-state index is 0.0233. The summed E-state index contributed by atoms with van der Waals surface area (Å²) >= 11 is 0. The molecule has 0 heterocycles. The third-order valence-corrected chi connectivity index (χ3v) is 4.21. The number of rotatable bonds is 7. The van der Waals surface area contributed by atoms with Crippen molar-refractivity contribution in [1.29, 1.82) is 0 Å². The number of nitrogens with two attached hydrogens (primary N) is 1. The predicted octanol–water partition coefficient (Wildman–Crippen LogP) is 3.05. The largest absolute Gasteiger partial charge is 0.490 e. The molecule has 0 aliphatic carbocycles. The number of hydrogen-bond donors (Lipinski definition) is 2. The van der Waals surface area contributed by atoms with Crippen molar-refractivity contribution in [1.82, 2.24) is 0 Å². The highest BCUT2D eigenvalue weighted by atomic mass is 16.5. The molecule has 0 saturated carbocycles. The van der Waals surface area contributed by atoms with Crippen molar-refractivity contribution in [3.8, 4) is 5.75 Å². The molecular weight excluding hydrogens is 298 g/mol. The predicted molar refractivity (Wildman–Crippen MR) is 98.3 cm³/mol. The molecule has 3 nitrogen and oxygen atoms in total. The van der Waals surface area contributed by atoms with Crippen LogP contribution in [0.4, 0.5) is 0 Å². The summed E-state index contributed by atoms with van der Waals surface area (Å²) in [5, 5.41) is 12.4. The Labute approximate surface area is 145 Å². The Morgan fingerprint density at radius 2 is 1.62 bits per heavy atom. The third kappa shape index (κ3) is 5.36. The lowest BCUT2D eigenvalue weighted by Crippen LogP contribution is -2.87. The molecule has 0 radical (unpaired) electrons. The second-order valence-electron chi connectivity index (χ2n) is 7.38. The van der Waals surface area contributed by atoms with Crippen molar-refractivity contribution in [2.45, 2.75) is 45.3 Å². The summed E-state index contributed by atoms with van der Waals surface area (Å²) in [5.41, 5.74) is 2.46. The van der Waals surface area contributed by atoms with E-state index < -0.39 is 6.10 Å². The van der Waals surface area contributed by atoms with Gasteiger partial charge in [-0.15, -0.1) is 0 Å². The van der Waals surface area contributed by atoms with Crippen LogP contribution in [-0.2, 0) is 5.41 Å². The normalized spacial score (nSPS) is 14.2. The fourth-order valence-electron chi connectivity index (χ4n) is 2.72. The van der Waals surface area contributed by atoms with Gasteiger partial charge in [0.2, 0.25) is 0 Å². The molecule has 3 N–H and O–H groups in total. The summed E-state index contributed by atoms with van der Waals surface area (Å²) in [6, 6.07) is 18.7. The lowest BCUT2D eigenvalue weighted by molar-refractivity contribution is -0.698. The first-order valence-electron chi connectivity index (χ1n) is 8.66. The van der Waals surface area contributed by atoms with Crippen LogP contribution in [0.2, 0.25) is 0 Å². The highest BCUT2D eigenvalue weighted by molar-refractivity contribution is 5.38. The fraction of sp³-hybridized carbons (Fsp3) is 0.429. The van der Waals surface area contributed by atoms with Crippen LogP contribution in [0.3, 0.4) is 0 Å². The van der Waals surface area contributed by atoms with E-state index in [0.29, 0.717) is 19.2 Å². The van der Waals surface area contributed by atoms with E-state index in [4.69, 9.17) is 4.74 Å². The third-order valence-electron chi connectivity index (χ3n) is 4.21. The summed E-state index contributed by atoms with van der Waals surface area (Å²) in [7, 11) is 0. The Balaban J connectivity index is 1.85. The van der Waals surface area contributed by atoms with Gasteiger partial charge < -0.3 is 15.2 Å². The maximum Gasteiger partial charge on any atom is 0.137 e. The molecule has 2 aromatic carbocycles. The smallest absolute Gasteiger partial charge is 0.137 e. The fourth-order valence-corrected chi connectivity index (χ4v) is 2.72. The number of ether oxygens (including phenoxy) is 1. The monoisotopic (exact) mass is 328 g/mol. The lowest BCUT2D eigenvalue weighted by atomic mass is 9.86. The van der Waals surface area contributed by atoms with Gasteiger partial charge >= 0.3 is 0 Å². The number of hydrogen-bond acceptors (Lipinski definition) is 2. The number of quaternary nitrogens is 1. The topological polar surface area (TPSA) is 46.1 Å². The van der Waals surface area contributed by atoms with E-state index in [1.54, 1.807) is 0 Å². The van der Waals surface area contributed by atoms with Gasteiger partial charge in [-0.25, -0.2) is 0 Å². The molecule has 0 bridgehead atoms. The van der Waals surface area contributed by atoms with Crippen molar-refractivity contribution < 1.29 is 15.2 Å². The van der Waals surface area contributed by atoms with E-state index in [2.05, 4.69) is 51.2 Å². The molecule has 2 aromatic rings. The molecule has 0 unspecified atom stereocenters. The van der Waals surface area contributed by atoms with Crippen LogP contribution < -0.4 is 10.1 Å². The molecule has 2 rings (SSSR count). The first-order chi connectivity index (χ1) is 11.4. The van der Waals surface area contributed by atoms with Crippen molar-refractivity contribution in [2.24, 2.45) is 0 Å². The Bertz CT molecular complexity index is 619. The SMILES string of the molecule is C[C@@H]([NH2+]C[C@@H](O)COc1ccccc1C(C)(C)C)c1ccccc1. The molecule has 3 heteroatoms. The van der Waals surface area contributed by atoms with Gasteiger partial charge in [-0.05, 0) is 24.0 Å². The average molecular weight is 328 g/mol. The Hall–Kier alpha value is -1.84. The van der Waals surface area contributed by atoms with Gasteiger partial charge in [0, 0.05) is 5.56 Å². The van der Waals surface area contributed by atoms with E-state index >= 15 is 0 Å². The van der Waals surface area contributed by atoms with Crippen LogP contribution in [0, 0.1) is 0 Å². The minimum atomic E-state index is -0.496. The molecule has 24 heavy (non-hydrogen) atoms. The zero-order valence-corrected chi connectivity index (χ0v) is 15.2. The highest BCUT2D eigenvalue weighted by Crippen LogP contribution is 2.30. The molecule has 0 amide bonds. The molecule has 130 valence electrons. The zero-order chi connectivity index (χ0) is 17.6. The summed E-state index contributed by atoms with van der Waals surface area (Å²) in [5.74, 6) is 0.861. The van der Waals surface area contributed by atoms with Gasteiger partial charge in [0.25, 0.3) is 0 Å². The quantitative estimate of drug-likeness (QED) is 0.820. The van der Waals surface area contributed by atoms with Crippen molar-refractivity contribution >= 4 is 0 Å². The molecule has 0 aromatic heterocycles. The van der Waals surface area contributed by atoms with Crippen LogP contribution >= 0.6 is 0 Å². The van der Waals surface area contributed by atoms with Crippen LogP contribution in [0.15, 0.2) is 54.6 Å². The van der Waals surface area contributed by atoms with Gasteiger partial charge in [-0.1, -0.05) is 69.3 Å². The van der Waals surface area contributed by atoms with E-state index in [-0.39, 0.29) is 5.41 Å². The Morgan fingerprint density at radius 3 is 2.29 bits per heavy atom. The molecule has 0 aliphatic rings. The van der Waals surface area contributed by atoms with Gasteiger partial charge in [-0.3, -0.25) is 0 Å². The van der Waals surface area contributed by atoms with Crippen molar-refractivity contribution in [2.75, 3.05) is 13.2 Å². The molecule has 0 fully saturated rings. The first kappa shape index (κ1) is 18.5. The molecule has 0 saturated heterocycles. The van der Waals surface area contributed by atoms with E-state index in [1.165, 1.54) is 11.1 Å². The maximum absolute atomic E-state index is 10.2. The van der Waals surface area contributed by atoms with Gasteiger partial charge in [0.1, 0.15) is 31.0 Å². The molecule has 0 spiro atoms. The summed E-state index contributed by atoms with van der Waals surface area (Å²) in [6.07, 6.45) is -0.496. The van der Waals surface area contributed by atoms with Gasteiger partial charge in [0.05, 0.1) is 0 Å². The Kier molecular flexibility index (Phi) is 6.41. The first-order valence-corrected chi connectivity index (χ1v) is 8.66. The summed E-state index contributed by atoms with van der Waals surface area (Å²) in [6.45, 7) is 9.58. The standard InChI is InChI=1S/C21H29NO2/c1-16(17-10-6-5-7-11-17)22-14-18(23)15-24-20-13-9-8-12-19(20)21(2,3)4/h5-13,16,18,22-23H,14-15H2,1-4H3/p+1/t16-,18-/m1/s1. The van der Waals surface area contributed by atoms with E-state index in [9.17, 15) is 5.11 Å². The number of benzene rings is 2. The Morgan fingerprint density at radius 1 is 1.00 bits per heavy atom. The van der Waals surface area contributed by atoms with Crippen LogP contribution in [0.1, 0.15) is 44.9 Å². The van der Waals surface area contributed by atoms with Crippen LogP contribution in [0.25, 0.3) is 0 Å². The molecule has 0 aliphatic heterocycles. The molecule has 2 atom stereocenters. The zero-order valence-electron chi connectivity index (χ0n) is 15.2. The number of para-hydroxylation sites is 1. The second-order valence-corrected chi connectivity index (χ2v) is 7.38. The second kappa shape index (κ2) is 8.32. The number of aliphatic hydroxyl groups is 1. The highest BCUT2D eigenvalue weighted by Gasteiger charge is 2.19. The van der Waals surface area contributed by atoms with Gasteiger partial charge in [-0.2, -0.15) is 0 Å². The summed E-state index contributed by atoms with van der Waals surface area (Å²) in [4.78, 5) is 0. The van der Waals surface area contributed by atoms with Crippen molar-refractivity contribution in [3.05, 3.63) is 65.7 Å². The van der Waals surface area contributed by atoms with Crippen molar-refractivity contribution in [3.63, 3.8) is 0 Å².